The number of nitrogens with one attached hydrogen (secondary N) is 1. The topological polar surface area (TPSA) is 83.5 Å². The first-order chi connectivity index (χ1) is 8.77. The Kier molecular flexibility index (Phi) is 3.31. The minimum absolute atomic E-state index is 0.260. The summed E-state index contributed by atoms with van der Waals surface area (Å²) in [6.45, 7) is -0.260. The maximum atomic E-state index is 13.0. The van der Waals surface area contributed by atoms with Crippen molar-refractivity contribution in [2.45, 2.75) is 17.7 Å². The van der Waals surface area contributed by atoms with Crippen LogP contribution in [0, 0.1) is 17.0 Å². The summed E-state index contributed by atoms with van der Waals surface area (Å²) in [4.78, 5) is 10.5. The largest absolute Gasteiger partial charge is 0.481 e. The van der Waals surface area contributed by atoms with E-state index >= 15 is 0 Å². The first-order valence-electron chi connectivity index (χ1n) is 5.45. The Labute approximate surface area is 108 Å². The molecule has 0 aromatic heterocycles. The quantitative estimate of drug-likeness (QED) is 0.851. The van der Waals surface area contributed by atoms with Gasteiger partial charge < -0.3 is 5.11 Å². The standard InChI is InChI=1S/C11H11F2NO4S/c12-8-2-1-7(5-9(8)13)19(17,18)14-6-11(3-4-11)10(15)16/h1-2,5,14H,3-4,6H2,(H,15,16). The molecule has 0 atom stereocenters. The molecule has 19 heavy (non-hydrogen) atoms. The number of hydrogen-bond donors (Lipinski definition) is 2. The predicted octanol–water partition coefficient (Wildman–Crippen LogP) is 1.11. The van der Waals surface area contributed by atoms with E-state index in [9.17, 15) is 22.0 Å². The highest BCUT2D eigenvalue weighted by Crippen LogP contribution is 2.45. The molecule has 0 radical (unpaired) electrons. The van der Waals surface area contributed by atoms with Crippen molar-refractivity contribution in [1.82, 2.24) is 4.72 Å². The van der Waals surface area contributed by atoms with E-state index in [0.29, 0.717) is 25.0 Å². The molecule has 1 aliphatic carbocycles. The number of carbonyl (C=O) groups is 1. The number of benzene rings is 1. The fourth-order valence-corrected chi connectivity index (χ4v) is 2.72. The molecule has 2 N–H and O–H groups in total. The summed E-state index contributed by atoms with van der Waals surface area (Å²) in [5.74, 6) is -3.49. The van der Waals surface area contributed by atoms with Gasteiger partial charge >= 0.3 is 5.97 Å². The minimum atomic E-state index is -4.05. The molecule has 2 rings (SSSR count). The van der Waals surface area contributed by atoms with E-state index < -0.39 is 37.9 Å². The Morgan fingerprint density at radius 1 is 1.32 bits per heavy atom. The van der Waals surface area contributed by atoms with Gasteiger partial charge in [0.05, 0.1) is 10.3 Å². The van der Waals surface area contributed by atoms with E-state index in [1.165, 1.54) is 0 Å². The number of carboxylic acid groups (broad SMARTS) is 1. The molecule has 0 heterocycles. The van der Waals surface area contributed by atoms with Crippen LogP contribution in [-0.4, -0.2) is 26.0 Å². The number of rotatable bonds is 5. The Morgan fingerprint density at radius 2 is 1.95 bits per heavy atom. The van der Waals surface area contributed by atoms with Gasteiger partial charge in [0.2, 0.25) is 10.0 Å². The molecule has 1 aliphatic rings. The van der Waals surface area contributed by atoms with Gasteiger partial charge in [-0.15, -0.1) is 0 Å². The van der Waals surface area contributed by atoms with Crippen LogP contribution in [0.4, 0.5) is 8.78 Å². The molecule has 5 nitrogen and oxygen atoms in total. The molecule has 0 unspecified atom stereocenters. The fourth-order valence-electron chi connectivity index (χ4n) is 1.58. The maximum Gasteiger partial charge on any atom is 0.310 e. The molecular weight excluding hydrogens is 280 g/mol. The second-order valence-electron chi connectivity index (χ2n) is 4.49. The highest BCUT2D eigenvalue weighted by atomic mass is 32.2. The van der Waals surface area contributed by atoms with Crippen LogP contribution in [-0.2, 0) is 14.8 Å². The Bertz CT molecular complexity index is 626. The summed E-state index contributed by atoms with van der Waals surface area (Å²) in [5.41, 5.74) is -1.06. The third-order valence-corrected chi connectivity index (χ3v) is 4.51. The first-order valence-corrected chi connectivity index (χ1v) is 6.93. The zero-order valence-corrected chi connectivity index (χ0v) is 10.5. The van der Waals surface area contributed by atoms with Crippen molar-refractivity contribution in [3.05, 3.63) is 29.8 Å². The van der Waals surface area contributed by atoms with E-state index in [0.717, 1.165) is 6.07 Å². The van der Waals surface area contributed by atoms with Gasteiger partial charge in [-0.05, 0) is 31.0 Å². The lowest BCUT2D eigenvalue weighted by molar-refractivity contribution is -0.143. The van der Waals surface area contributed by atoms with Crippen LogP contribution in [0.3, 0.4) is 0 Å². The Hall–Kier alpha value is -1.54. The smallest absolute Gasteiger partial charge is 0.310 e. The summed E-state index contributed by atoms with van der Waals surface area (Å²) < 4.78 is 51.4. The van der Waals surface area contributed by atoms with Gasteiger partial charge in [-0.25, -0.2) is 21.9 Å². The van der Waals surface area contributed by atoms with Crippen LogP contribution < -0.4 is 4.72 Å². The molecule has 1 saturated carbocycles. The number of hydrogen-bond acceptors (Lipinski definition) is 3. The van der Waals surface area contributed by atoms with Gasteiger partial charge in [0.15, 0.2) is 11.6 Å². The third kappa shape index (κ3) is 2.74. The lowest BCUT2D eigenvalue weighted by Crippen LogP contribution is -2.34. The summed E-state index contributed by atoms with van der Waals surface area (Å²) in [6, 6.07) is 2.17. The zero-order valence-electron chi connectivity index (χ0n) is 9.69. The third-order valence-electron chi connectivity index (χ3n) is 3.11. The molecule has 1 fully saturated rings. The molecule has 0 bridgehead atoms. The van der Waals surface area contributed by atoms with Crippen LogP contribution in [0.2, 0.25) is 0 Å². The number of aliphatic carboxylic acids is 1. The number of carboxylic acids is 1. The molecule has 1 aromatic carbocycles. The van der Waals surface area contributed by atoms with Crippen LogP contribution >= 0.6 is 0 Å². The summed E-state index contributed by atoms with van der Waals surface area (Å²) >= 11 is 0. The molecule has 0 spiro atoms. The molecular formula is C11H11F2NO4S. The zero-order chi connectivity index (χ0) is 14.3. The average Bonchev–Trinajstić information content (AvgIpc) is 3.11. The van der Waals surface area contributed by atoms with E-state index in [1.54, 1.807) is 0 Å². The van der Waals surface area contributed by atoms with Crippen LogP contribution in [0.1, 0.15) is 12.8 Å². The van der Waals surface area contributed by atoms with Gasteiger partial charge in [0.25, 0.3) is 0 Å². The van der Waals surface area contributed by atoms with E-state index in [-0.39, 0.29) is 6.54 Å². The molecule has 1 aromatic rings. The second-order valence-corrected chi connectivity index (χ2v) is 6.25. The van der Waals surface area contributed by atoms with Crippen LogP contribution in [0.15, 0.2) is 23.1 Å². The summed E-state index contributed by atoms with van der Waals surface area (Å²) in [6.07, 6.45) is 0.783. The highest BCUT2D eigenvalue weighted by molar-refractivity contribution is 7.89. The van der Waals surface area contributed by atoms with Crippen molar-refractivity contribution in [3.8, 4) is 0 Å². The fraction of sp³-hybridized carbons (Fsp3) is 0.364. The molecule has 8 heteroatoms. The lowest BCUT2D eigenvalue weighted by Gasteiger charge is -2.11. The van der Waals surface area contributed by atoms with Crippen molar-refractivity contribution in [2.75, 3.05) is 6.54 Å². The van der Waals surface area contributed by atoms with Crippen LogP contribution in [0.25, 0.3) is 0 Å². The minimum Gasteiger partial charge on any atom is -0.481 e. The normalized spacial score (nSPS) is 17.2. The van der Waals surface area contributed by atoms with Gasteiger partial charge in [-0.3, -0.25) is 4.79 Å². The lowest BCUT2D eigenvalue weighted by atomic mass is 10.1. The molecule has 0 saturated heterocycles. The number of sulfonamides is 1. The number of halogens is 2. The maximum absolute atomic E-state index is 13.0. The molecule has 0 aliphatic heterocycles. The predicted molar refractivity (Wildman–Crippen MR) is 60.8 cm³/mol. The van der Waals surface area contributed by atoms with Crippen molar-refractivity contribution in [2.24, 2.45) is 5.41 Å². The Balaban J connectivity index is 2.14. The van der Waals surface area contributed by atoms with Crippen molar-refractivity contribution < 1.29 is 27.1 Å². The van der Waals surface area contributed by atoms with Gasteiger partial charge in [0.1, 0.15) is 0 Å². The summed E-state index contributed by atoms with van der Waals surface area (Å²) in [7, 11) is -4.05. The molecule has 104 valence electrons. The van der Waals surface area contributed by atoms with E-state index in [2.05, 4.69) is 4.72 Å². The van der Waals surface area contributed by atoms with E-state index in [4.69, 9.17) is 5.11 Å². The first kappa shape index (κ1) is 13.9. The molecule has 0 amide bonds. The van der Waals surface area contributed by atoms with Crippen molar-refractivity contribution in [3.63, 3.8) is 0 Å². The summed E-state index contributed by atoms with van der Waals surface area (Å²) in [5, 5.41) is 8.91. The van der Waals surface area contributed by atoms with Gasteiger partial charge in [-0.1, -0.05) is 0 Å². The van der Waals surface area contributed by atoms with Gasteiger partial charge in [-0.2, -0.15) is 0 Å². The highest BCUT2D eigenvalue weighted by Gasteiger charge is 2.50. The SMILES string of the molecule is O=C(O)C1(CNS(=O)(=O)c2ccc(F)c(F)c2)CC1. The second kappa shape index (κ2) is 4.53. The van der Waals surface area contributed by atoms with E-state index in [1.807, 2.05) is 0 Å². The van der Waals surface area contributed by atoms with Crippen molar-refractivity contribution in [1.29, 1.82) is 0 Å². The van der Waals surface area contributed by atoms with Crippen molar-refractivity contribution >= 4 is 16.0 Å². The van der Waals surface area contributed by atoms with Crippen LogP contribution in [0.5, 0.6) is 0 Å². The van der Waals surface area contributed by atoms with Gasteiger partial charge in [0, 0.05) is 6.54 Å². The monoisotopic (exact) mass is 291 g/mol. The Morgan fingerprint density at radius 3 is 2.42 bits per heavy atom. The average molecular weight is 291 g/mol.